The van der Waals surface area contributed by atoms with Crippen LogP contribution in [0.5, 0.6) is 0 Å². The predicted octanol–water partition coefficient (Wildman–Crippen LogP) is 3.58. The minimum absolute atomic E-state index is 0.245. The third-order valence-corrected chi connectivity index (χ3v) is 3.25. The number of rotatable bonds is 4. The van der Waals surface area contributed by atoms with E-state index in [2.05, 4.69) is 32.1 Å². The van der Waals surface area contributed by atoms with Gasteiger partial charge in [-0.2, -0.15) is 0 Å². The molecule has 0 heterocycles. The SMILES string of the molecule is Fc1ccc(CNC(=S)NNc2cccc(Br)c2)cc1. The molecule has 0 unspecified atom stereocenters. The molecule has 0 saturated heterocycles. The number of hydrazine groups is 1. The van der Waals surface area contributed by atoms with E-state index in [1.54, 1.807) is 12.1 Å². The van der Waals surface area contributed by atoms with Gasteiger partial charge in [-0.3, -0.25) is 10.9 Å². The van der Waals surface area contributed by atoms with Gasteiger partial charge in [-0.15, -0.1) is 0 Å². The Morgan fingerprint density at radius 2 is 1.90 bits per heavy atom. The van der Waals surface area contributed by atoms with Crippen LogP contribution in [0, 0.1) is 5.82 Å². The number of anilines is 1. The fourth-order valence-corrected chi connectivity index (χ4v) is 2.05. The first-order valence-electron chi connectivity index (χ1n) is 5.93. The van der Waals surface area contributed by atoms with Gasteiger partial charge in [-0.1, -0.05) is 34.1 Å². The average Bonchev–Trinajstić information content (AvgIpc) is 2.45. The normalized spacial score (nSPS) is 9.90. The minimum Gasteiger partial charge on any atom is -0.357 e. The molecule has 0 aliphatic carbocycles. The van der Waals surface area contributed by atoms with Crippen molar-refractivity contribution >= 4 is 38.9 Å². The first-order chi connectivity index (χ1) is 9.63. The zero-order chi connectivity index (χ0) is 14.4. The van der Waals surface area contributed by atoms with Crippen LogP contribution in [0.25, 0.3) is 0 Å². The van der Waals surface area contributed by atoms with E-state index in [4.69, 9.17) is 12.2 Å². The summed E-state index contributed by atoms with van der Waals surface area (Å²) >= 11 is 8.53. The van der Waals surface area contributed by atoms with Gasteiger partial charge in [0.15, 0.2) is 5.11 Å². The highest BCUT2D eigenvalue weighted by Crippen LogP contribution is 2.14. The summed E-state index contributed by atoms with van der Waals surface area (Å²) in [5.41, 5.74) is 7.72. The van der Waals surface area contributed by atoms with E-state index < -0.39 is 0 Å². The highest BCUT2D eigenvalue weighted by Gasteiger charge is 1.98. The van der Waals surface area contributed by atoms with Crippen LogP contribution in [0.3, 0.4) is 0 Å². The molecule has 104 valence electrons. The molecule has 0 aliphatic heterocycles. The van der Waals surface area contributed by atoms with E-state index in [0.29, 0.717) is 11.7 Å². The standard InChI is InChI=1S/C14H13BrFN3S/c15-11-2-1-3-13(8-11)18-19-14(20)17-9-10-4-6-12(16)7-5-10/h1-8,18H,9H2,(H2,17,19,20). The Hall–Kier alpha value is -1.66. The van der Waals surface area contributed by atoms with Crippen LogP contribution in [0.15, 0.2) is 53.0 Å². The number of benzene rings is 2. The lowest BCUT2D eigenvalue weighted by molar-refractivity contribution is 0.626. The molecule has 2 rings (SSSR count). The van der Waals surface area contributed by atoms with Crippen LogP contribution in [0.2, 0.25) is 0 Å². The molecule has 0 fully saturated rings. The van der Waals surface area contributed by atoms with Gasteiger partial charge in [0.25, 0.3) is 0 Å². The fourth-order valence-electron chi connectivity index (χ4n) is 1.52. The van der Waals surface area contributed by atoms with Crippen LogP contribution < -0.4 is 16.2 Å². The van der Waals surface area contributed by atoms with Crippen LogP contribution in [-0.2, 0) is 6.54 Å². The Bertz CT molecular complexity index is 589. The Labute approximate surface area is 130 Å². The second-order valence-electron chi connectivity index (χ2n) is 4.07. The molecular formula is C14H13BrFN3S. The van der Waals surface area contributed by atoms with Gasteiger partial charge >= 0.3 is 0 Å². The van der Waals surface area contributed by atoms with Crippen LogP contribution >= 0.6 is 28.1 Å². The van der Waals surface area contributed by atoms with E-state index in [1.165, 1.54) is 12.1 Å². The molecule has 0 saturated carbocycles. The maximum absolute atomic E-state index is 12.8. The van der Waals surface area contributed by atoms with Crippen molar-refractivity contribution in [3.63, 3.8) is 0 Å². The van der Waals surface area contributed by atoms with E-state index in [9.17, 15) is 4.39 Å². The lowest BCUT2D eigenvalue weighted by Gasteiger charge is -2.12. The summed E-state index contributed by atoms with van der Waals surface area (Å²) in [5.74, 6) is -0.245. The third kappa shape index (κ3) is 4.79. The maximum Gasteiger partial charge on any atom is 0.185 e. The average molecular weight is 354 g/mol. The molecule has 0 amide bonds. The Morgan fingerprint density at radius 1 is 1.15 bits per heavy atom. The van der Waals surface area contributed by atoms with Gasteiger partial charge in [-0.25, -0.2) is 4.39 Å². The summed E-state index contributed by atoms with van der Waals surface area (Å²) in [6.45, 7) is 0.534. The topological polar surface area (TPSA) is 36.1 Å². The lowest BCUT2D eigenvalue weighted by Crippen LogP contribution is -2.38. The first-order valence-corrected chi connectivity index (χ1v) is 7.13. The van der Waals surface area contributed by atoms with Crippen LogP contribution in [0.1, 0.15) is 5.56 Å². The van der Waals surface area contributed by atoms with Crippen molar-refractivity contribution in [1.82, 2.24) is 10.7 Å². The Balaban J connectivity index is 1.77. The molecule has 2 aromatic rings. The Kier molecular flexibility index (Phi) is 5.31. The van der Waals surface area contributed by atoms with Crippen molar-refractivity contribution in [2.24, 2.45) is 0 Å². The molecule has 2 aromatic carbocycles. The van der Waals surface area contributed by atoms with E-state index in [0.717, 1.165) is 15.7 Å². The summed E-state index contributed by atoms with van der Waals surface area (Å²) in [4.78, 5) is 0. The molecular weight excluding hydrogens is 341 g/mol. The quantitative estimate of drug-likeness (QED) is 0.580. The molecule has 3 N–H and O–H groups in total. The summed E-state index contributed by atoms with van der Waals surface area (Å²) in [7, 11) is 0. The van der Waals surface area contributed by atoms with E-state index >= 15 is 0 Å². The second-order valence-corrected chi connectivity index (χ2v) is 5.39. The molecule has 6 heteroatoms. The molecule has 0 radical (unpaired) electrons. The lowest BCUT2D eigenvalue weighted by atomic mass is 10.2. The highest BCUT2D eigenvalue weighted by molar-refractivity contribution is 9.10. The van der Waals surface area contributed by atoms with Gasteiger partial charge in [0, 0.05) is 11.0 Å². The fraction of sp³-hybridized carbons (Fsp3) is 0.0714. The number of halogens is 2. The van der Waals surface area contributed by atoms with Gasteiger partial charge in [-0.05, 0) is 48.1 Å². The maximum atomic E-state index is 12.8. The van der Waals surface area contributed by atoms with Crippen molar-refractivity contribution < 1.29 is 4.39 Å². The molecule has 0 aromatic heterocycles. The number of hydrogen-bond donors (Lipinski definition) is 3. The third-order valence-electron chi connectivity index (χ3n) is 2.51. The van der Waals surface area contributed by atoms with Gasteiger partial charge in [0.05, 0.1) is 5.69 Å². The number of thiocarbonyl (C=S) groups is 1. The van der Waals surface area contributed by atoms with E-state index in [-0.39, 0.29) is 5.82 Å². The smallest absolute Gasteiger partial charge is 0.185 e. The Morgan fingerprint density at radius 3 is 2.60 bits per heavy atom. The predicted molar refractivity (Wildman–Crippen MR) is 86.7 cm³/mol. The summed E-state index contributed by atoms with van der Waals surface area (Å²) in [6.07, 6.45) is 0. The van der Waals surface area contributed by atoms with Crippen molar-refractivity contribution in [2.75, 3.05) is 5.43 Å². The van der Waals surface area contributed by atoms with Gasteiger partial charge in [0.2, 0.25) is 0 Å². The summed E-state index contributed by atoms with van der Waals surface area (Å²) in [6, 6.07) is 14.0. The minimum atomic E-state index is -0.245. The van der Waals surface area contributed by atoms with Gasteiger partial charge < -0.3 is 5.32 Å². The van der Waals surface area contributed by atoms with Crippen LogP contribution in [-0.4, -0.2) is 5.11 Å². The number of nitrogens with one attached hydrogen (secondary N) is 3. The van der Waals surface area contributed by atoms with Crippen molar-refractivity contribution in [3.8, 4) is 0 Å². The van der Waals surface area contributed by atoms with Crippen molar-refractivity contribution in [1.29, 1.82) is 0 Å². The largest absolute Gasteiger partial charge is 0.357 e. The molecule has 0 spiro atoms. The molecule has 0 bridgehead atoms. The molecule has 20 heavy (non-hydrogen) atoms. The summed E-state index contributed by atoms with van der Waals surface area (Å²) in [5, 5.41) is 3.49. The number of hydrogen-bond acceptors (Lipinski definition) is 2. The highest BCUT2D eigenvalue weighted by atomic mass is 79.9. The second kappa shape index (κ2) is 7.21. The molecule has 3 nitrogen and oxygen atoms in total. The zero-order valence-electron chi connectivity index (χ0n) is 10.5. The molecule has 0 atom stereocenters. The first kappa shape index (κ1) is 14.7. The molecule has 0 aliphatic rings. The monoisotopic (exact) mass is 353 g/mol. The van der Waals surface area contributed by atoms with Gasteiger partial charge in [0.1, 0.15) is 5.82 Å². The van der Waals surface area contributed by atoms with Crippen molar-refractivity contribution in [2.45, 2.75) is 6.54 Å². The van der Waals surface area contributed by atoms with Crippen LogP contribution in [0.4, 0.5) is 10.1 Å². The zero-order valence-corrected chi connectivity index (χ0v) is 12.9. The van der Waals surface area contributed by atoms with E-state index in [1.807, 2.05) is 24.3 Å². The van der Waals surface area contributed by atoms with Crippen molar-refractivity contribution in [3.05, 3.63) is 64.4 Å². The summed E-state index contributed by atoms with van der Waals surface area (Å²) < 4.78 is 13.7.